The highest BCUT2D eigenvalue weighted by Crippen LogP contribution is 2.51. The third kappa shape index (κ3) is 3.31. The second-order valence-electron chi connectivity index (χ2n) is 7.47. The minimum Gasteiger partial charge on any atom is -0.395 e. The zero-order valence-corrected chi connectivity index (χ0v) is 15.5. The van der Waals surface area contributed by atoms with E-state index >= 15 is 0 Å². The van der Waals surface area contributed by atoms with Crippen molar-refractivity contribution in [3.8, 4) is 0 Å². The fourth-order valence-electron chi connectivity index (χ4n) is 3.73. The smallest absolute Gasteiger partial charge is 0.252 e. The molecule has 0 aliphatic heterocycles. The Bertz CT molecular complexity index is 972. The van der Waals surface area contributed by atoms with Crippen LogP contribution in [0.5, 0.6) is 0 Å². The summed E-state index contributed by atoms with van der Waals surface area (Å²) in [6.07, 6.45) is 8.08. The third-order valence-corrected chi connectivity index (χ3v) is 5.29. The molecule has 3 N–H and O–H groups in total. The largest absolute Gasteiger partial charge is 0.395 e. The van der Waals surface area contributed by atoms with Gasteiger partial charge in [0.15, 0.2) is 0 Å². The summed E-state index contributed by atoms with van der Waals surface area (Å²) in [5.41, 5.74) is 3.28. The molecule has 0 bridgehead atoms. The van der Waals surface area contributed by atoms with Gasteiger partial charge in [-0.3, -0.25) is 9.59 Å². The third-order valence-electron chi connectivity index (χ3n) is 5.29. The van der Waals surface area contributed by atoms with Crippen LogP contribution in [0.25, 0.3) is 0 Å². The monoisotopic (exact) mass is 380 g/mol. The van der Waals surface area contributed by atoms with E-state index in [-0.39, 0.29) is 31.3 Å². The Morgan fingerprint density at radius 2 is 1.96 bits per heavy atom. The number of benzene rings is 1. The molecule has 3 aliphatic rings. The molecule has 1 unspecified atom stereocenters. The highest BCUT2D eigenvalue weighted by Gasteiger charge is 2.41. The number of fused-ring (bicyclic) bond motifs is 3. The molecule has 4 rings (SSSR count). The summed E-state index contributed by atoms with van der Waals surface area (Å²) >= 11 is 0. The van der Waals surface area contributed by atoms with Crippen LogP contribution >= 0.6 is 0 Å². The average molecular weight is 380 g/mol. The first-order valence-corrected chi connectivity index (χ1v) is 9.23. The van der Waals surface area contributed by atoms with Crippen LogP contribution < -0.4 is 10.6 Å². The Hall–Kier alpha value is -2.99. The molecule has 1 aromatic carbocycles. The Morgan fingerprint density at radius 3 is 2.68 bits per heavy atom. The van der Waals surface area contributed by atoms with E-state index in [1.165, 1.54) is 17.7 Å². The minimum absolute atomic E-state index is 0.0864. The number of amides is 2. The lowest BCUT2D eigenvalue weighted by Crippen LogP contribution is -2.58. The van der Waals surface area contributed by atoms with Crippen LogP contribution in [0.3, 0.4) is 0 Å². The van der Waals surface area contributed by atoms with Gasteiger partial charge in [0, 0.05) is 24.5 Å². The quantitative estimate of drug-likeness (QED) is 0.674. The van der Waals surface area contributed by atoms with Crippen LogP contribution in [-0.4, -0.2) is 35.6 Å². The lowest BCUT2D eigenvalue weighted by Gasteiger charge is -2.30. The molecular weight excluding hydrogens is 359 g/mol. The number of hydrogen-bond acceptors (Lipinski definition) is 3. The molecule has 144 valence electrons. The summed E-state index contributed by atoms with van der Waals surface area (Å²) < 4.78 is 13.2. The number of carbonyl (C=O) groups excluding carboxylic acids is 2. The molecule has 0 saturated heterocycles. The predicted octanol–water partition coefficient (Wildman–Crippen LogP) is 1.71. The number of aliphatic hydroxyl groups is 1. The number of allylic oxidation sites excluding steroid dienone is 6. The molecule has 2 amide bonds. The van der Waals surface area contributed by atoms with Gasteiger partial charge < -0.3 is 15.7 Å². The van der Waals surface area contributed by atoms with Crippen molar-refractivity contribution in [3.05, 3.63) is 82.2 Å². The fraction of sp³-hybridized carbons (Fsp3) is 0.273. The van der Waals surface area contributed by atoms with Gasteiger partial charge in [0.25, 0.3) is 5.91 Å². The molecule has 0 aromatic heterocycles. The molecule has 0 heterocycles. The molecule has 6 heteroatoms. The summed E-state index contributed by atoms with van der Waals surface area (Å²) in [4.78, 5) is 25.8. The molecule has 1 aromatic rings. The highest BCUT2D eigenvalue weighted by molar-refractivity contribution is 6.05. The standard InChI is InChI=1S/C22H21FN2O3/c1-22(21(28)24-8-9-26,12-13-2-4-15(23)5-3-13)25-20(27)17-7-6-16-18-10-14(18)11-19(16)17/h2-7,10-11,18,26H,8-9,12H2,1H3,(H,24,28)(H,25,27)/t18?,22-/m1/s1. The van der Waals surface area contributed by atoms with Gasteiger partial charge in [0.05, 0.1) is 6.61 Å². The van der Waals surface area contributed by atoms with Crippen molar-refractivity contribution in [3.63, 3.8) is 0 Å². The van der Waals surface area contributed by atoms with E-state index in [9.17, 15) is 14.0 Å². The van der Waals surface area contributed by atoms with Gasteiger partial charge in [0.2, 0.25) is 5.91 Å². The molecule has 2 atom stereocenters. The fourth-order valence-corrected chi connectivity index (χ4v) is 3.73. The van der Waals surface area contributed by atoms with E-state index in [0.717, 1.165) is 11.1 Å². The number of aliphatic hydroxyl groups excluding tert-OH is 1. The zero-order valence-electron chi connectivity index (χ0n) is 15.5. The van der Waals surface area contributed by atoms with Gasteiger partial charge in [0.1, 0.15) is 11.4 Å². The van der Waals surface area contributed by atoms with E-state index in [1.54, 1.807) is 25.1 Å². The Kier molecular flexibility index (Phi) is 4.51. The van der Waals surface area contributed by atoms with E-state index in [1.807, 2.05) is 12.2 Å². The predicted molar refractivity (Wildman–Crippen MR) is 103 cm³/mol. The second kappa shape index (κ2) is 6.87. The average Bonchev–Trinajstić information content (AvgIpc) is 3.14. The molecular formula is C22H21FN2O3. The van der Waals surface area contributed by atoms with Crippen molar-refractivity contribution >= 4 is 11.8 Å². The van der Waals surface area contributed by atoms with Crippen molar-refractivity contribution in [1.29, 1.82) is 0 Å². The van der Waals surface area contributed by atoms with E-state index in [0.29, 0.717) is 17.1 Å². The molecule has 0 fully saturated rings. The van der Waals surface area contributed by atoms with E-state index < -0.39 is 11.4 Å². The number of carbonyl (C=O) groups is 2. The van der Waals surface area contributed by atoms with Gasteiger partial charge in [-0.2, -0.15) is 0 Å². The highest BCUT2D eigenvalue weighted by atomic mass is 19.1. The van der Waals surface area contributed by atoms with Crippen molar-refractivity contribution in [1.82, 2.24) is 10.6 Å². The number of rotatable bonds is 7. The first-order chi connectivity index (χ1) is 13.4. The van der Waals surface area contributed by atoms with Crippen LogP contribution in [-0.2, 0) is 16.0 Å². The van der Waals surface area contributed by atoms with E-state index in [2.05, 4.69) is 16.7 Å². The van der Waals surface area contributed by atoms with Gasteiger partial charge in [-0.05, 0) is 53.5 Å². The van der Waals surface area contributed by atoms with Crippen LogP contribution in [0.4, 0.5) is 4.39 Å². The Labute approximate surface area is 162 Å². The molecule has 5 nitrogen and oxygen atoms in total. The number of halogens is 1. The van der Waals surface area contributed by atoms with Crippen LogP contribution in [0.1, 0.15) is 12.5 Å². The Balaban J connectivity index is 1.54. The normalized spacial score (nSPS) is 20.8. The Morgan fingerprint density at radius 1 is 1.21 bits per heavy atom. The molecule has 28 heavy (non-hydrogen) atoms. The summed E-state index contributed by atoms with van der Waals surface area (Å²) in [5.74, 6) is -0.759. The van der Waals surface area contributed by atoms with Crippen LogP contribution in [0.15, 0.2) is 70.9 Å². The molecule has 0 saturated carbocycles. The minimum atomic E-state index is -1.25. The van der Waals surface area contributed by atoms with Crippen molar-refractivity contribution in [2.45, 2.75) is 18.9 Å². The van der Waals surface area contributed by atoms with Gasteiger partial charge in [-0.25, -0.2) is 4.39 Å². The van der Waals surface area contributed by atoms with E-state index in [4.69, 9.17) is 5.11 Å². The van der Waals surface area contributed by atoms with Crippen molar-refractivity contribution in [2.24, 2.45) is 5.92 Å². The molecule has 0 radical (unpaired) electrons. The van der Waals surface area contributed by atoms with Crippen LogP contribution in [0, 0.1) is 11.7 Å². The number of nitrogens with one attached hydrogen (secondary N) is 2. The zero-order chi connectivity index (χ0) is 19.9. The second-order valence-corrected chi connectivity index (χ2v) is 7.47. The summed E-state index contributed by atoms with van der Waals surface area (Å²) in [7, 11) is 0. The van der Waals surface area contributed by atoms with Gasteiger partial charge in [-0.15, -0.1) is 0 Å². The lowest BCUT2D eigenvalue weighted by atomic mass is 9.90. The summed E-state index contributed by atoms with van der Waals surface area (Å²) in [6.45, 7) is 1.52. The molecule has 0 spiro atoms. The maximum absolute atomic E-state index is 13.2. The SMILES string of the molecule is C[C@](Cc1ccc(F)cc1)(NC(=O)C1=CC=C2C1=CC1=CC12)C(=O)NCCO. The molecule has 3 aliphatic carbocycles. The lowest BCUT2D eigenvalue weighted by molar-refractivity contribution is -0.131. The van der Waals surface area contributed by atoms with Gasteiger partial charge >= 0.3 is 0 Å². The topological polar surface area (TPSA) is 78.4 Å². The first-order valence-electron chi connectivity index (χ1n) is 9.23. The summed E-state index contributed by atoms with van der Waals surface area (Å²) in [5, 5.41) is 14.5. The van der Waals surface area contributed by atoms with Crippen molar-refractivity contribution < 1.29 is 19.1 Å². The number of hydrogen-bond donors (Lipinski definition) is 3. The summed E-state index contributed by atoms with van der Waals surface area (Å²) in [6, 6.07) is 5.82. The van der Waals surface area contributed by atoms with Crippen LogP contribution in [0.2, 0.25) is 0 Å². The maximum Gasteiger partial charge on any atom is 0.252 e. The maximum atomic E-state index is 13.2. The first kappa shape index (κ1) is 18.4. The van der Waals surface area contributed by atoms with Crippen molar-refractivity contribution in [2.75, 3.05) is 13.2 Å². The van der Waals surface area contributed by atoms with Gasteiger partial charge in [-0.1, -0.05) is 24.3 Å².